The highest BCUT2D eigenvalue weighted by atomic mass is 16.2. The predicted octanol–water partition coefficient (Wildman–Crippen LogP) is 0.623. The van der Waals surface area contributed by atoms with Crippen LogP contribution in [0.3, 0.4) is 0 Å². The van der Waals surface area contributed by atoms with Crippen LogP contribution in [0.2, 0.25) is 0 Å². The summed E-state index contributed by atoms with van der Waals surface area (Å²) in [6, 6.07) is 7.96. The van der Waals surface area contributed by atoms with Crippen LogP contribution < -0.4 is 4.90 Å². The molecule has 6 rings (SSSR count). The Balaban J connectivity index is 1.36. The molecule has 0 aromatic carbocycles. The van der Waals surface area contributed by atoms with Crippen molar-refractivity contribution in [2.75, 3.05) is 18.0 Å². The lowest BCUT2D eigenvalue weighted by molar-refractivity contribution is 0.00569. The van der Waals surface area contributed by atoms with Gasteiger partial charge in [-0.05, 0) is 30.7 Å². The standard InChI is InChI=1S/C16H15N7O/c24-16(11-2-1-5-17-7-11)23-12-6-13(23)9-21(8-12)15-4-3-14-19-18-10-22(14)20-15/h1-5,7,10,12-13H,6,8-9H2. The van der Waals surface area contributed by atoms with Crippen molar-refractivity contribution in [3.8, 4) is 0 Å². The highest BCUT2D eigenvalue weighted by Crippen LogP contribution is 2.35. The Kier molecular flexibility index (Phi) is 2.79. The van der Waals surface area contributed by atoms with Gasteiger partial charge in [0.25, 0.3) is 5.91 Å². The Bertz CT molecular complexity index is 897. The second-order valence-electron chi connectivity index (χ2n) is 6.23. The maximum absolute atomic E-state index is 12.7. The highest BCUT2D eigenvalue weighted by Gasteiger charge is 2.47. The van der Waals surface area contributed by atoms with Crippen molar-refractivity contribution < 1.29 is 4.79 Å². The van der Waals surface area contributed by atoms with Crippen LogP contribution in [0.25, 0.3) is 5.65 Å². The van der Waals surface area contributed by atoms with Gasteiger partial charge >= 0.3 is 0 Å². The molecule has 1 amide bonds. The van der Waals surface area contributed by atoms with E-state index in [0.717, 1.165) is 31.0 Å². The lowest BCUT2D eigenvalue weighted by Crippen LogP contribution is -2.70. The van der Waals surface area contributed by atoms with E-state index < -0.39 is 0 Å². The lowest BCUT2D eigenvalue weighted by Gasteiger charge is -2.56. The molecule has 24 heavy (non-hydrogen) atoms. The number of hydrogen-bond donors (Lipinski definition) is 0. The topological polar surface area (TPSA) is 79.5 Å². The van der Waals surface area contributed by atoms with Crippen molar-refractivity contribution in [3.63, 3.8) is 0 Å². The highest BCUT2D eigenvalue weighted by molar-refractivity contribution is 5.95. The second kappa shape index (κ2) is 4.98. The first-order chi connectivity index (χ1) is 11.8. The largest absolute Gasteiger partial charge is 0.351 e. The van der Waals surface area contributed by atoms with Gasteiger partial charge in [0.05, 0.1) is 17.6 Å². The van der Waals surface area contributed by atoms with Gasteiger partial charge in [0, 0.05) is 25.5 Å². The fourth-order valence-electron chi connectivity index (χ4n) is 3.65. The van der Waals surface area contributed by atoms with Gasteiger partial charge in [-0.25, -0.2) is 0 Å². The maximum Gasteiger partial charge on any atom is 0.256 e. The van der Waals surface area contributed by atoms with Crippen LogP contribution in [0.4, 0.5) is 5.82 Å². The van der Waals surface area contributed by atoms with Crippen LogP contribution >= 0.6 is 0 Å². The normalized spacial score (nSPS) is 22.5. The fourth-order valence-corrected chi connectivity index (χ4v) is 3.65. The summed E-state index contributed by atoms with van der Waals surface area (Å²) in [6.07, 6.45) is 5.97. The van der Waals surface area contributed by atoms with Crippen molar-refractivity contribution in [1.82, 2.24) is 29.7 Å². The summed E-state index contributed by atoms with van der Waals surface area (Å²) in [7, 11) is 0. The molecule has 0 aliphatic carbocycles. The summed E-state index contributed by atoms with van der Waals surface area (Å²) < 4.78 is 1.67. The number of piperidine rings is 1. The molecule has 8 heteroatoms. The third kappa shape index (κ3) is 1.96. The number of rotatable bonds is 2. The number of piperazine rings is 1. The molecule has 2 unspecified atom stereocenters. The minimum absolute atomic E-state index is 0.0752. The number of carbonyl (C=O) groups excluding carboxylic acids is 1. The van der Waals surface area contributed by atoms with E-state index in [1.54, 1.807) is 29.3 Å². The minimum Gasteiger partial charge on any atom is -0.351 e. The molecule has 0 radical (unpaired) electrons. The molecule has 120 valence electrons. The Morgan fingerprint density at radius 3 is 2.83 bits per heavy atom. The van der Waals surface area contributed by atoms with E-state index in [1.165, 1.54) is 0 Å². The summed E-state index contributed by atoms with van der Waals surface area (Å²) in [4.78, 5) is 20.9. The smallest absolute Gasteiger partial charge is 0.256 e. The minimum atomic E-state index is 0.0752. The molecule has 3 aromatic heterocycles. The monoisotopic (exact) mass is 321 g/mol. The van der Waals surface area contributed by atoms with E-state index in [4.69, 9.17) is 0 Å². The van der Waals surface area contributed by atoms with Gasteiger partial charge in [0.1, 0.15) is 12.1 Å². The zero-order valence-corrected chi connectivity index (χ0v) is 12.9. The predicted molar refractivity (Wildman–Crippen MR) is 85.6 cm³/mol. The molecule has 3 aliphatic heterocycles. The zero-order valence-electron chi connectivity index (χ0n) is 12.9. The van der Waals surface area contributed by atoms with E-state index in [9.17, 15) is 4.79 Å². The van der Waals surface area contributed by atoms with E-state index >= 15 is 0 Å². The molecule has 0 spiro atoms. The van der Waals surface area contributed by atoms with Gasteiger partial charge in [0.15, 0.2) is 5.65 Å². The van der Waals surface area contributed by atoms with Gasteiger partial charge in [-0.1, -0.05) is 0 Å². The summed E-state index contributed by atoms with van der Waals surface area (Å²) in [5, 5.41) is 12.4. The van der Waals surface area contributed by atoms with Crippen LogP contribution in [0.5, 0.6) is 0 Å². The van der Waals surface area contributed by atoms with Gasteiger partial charge < -0.3 is 9.80 Å². The first-order valence-electron chi connectivity index (χ1n) is 7.94. The number of nitrogens with zero attached hydrogens (tertiary/aromatic N) is 7. The molecule has 2 bridgehead atoms. The lowest BCUT2D eigenvalue weighted by atomic mass is 9.86. The average Bonchev–Trinajstić information content (AvgIpc) is 3.10. The molecule has 3 aliphatic rings. The van der Waals surface area contributed by atoms with Crippen LogP contribution in [0.1, 0.15) is 16.8 Å². The first kappa shape index (κ1) is 13.4. The number of anilines is 1. The van der Waals surface area contributed by atoms with Gasteiger partial charge in [-0.3, -0.25) is 9.78 Å². The Morgan fingerprint density at radius 2 is 2.04 bits per heavy atom. The zero-order chi connectivity index (χ0) is 16.1. The van der Waals surface area contributed by atoms with Crippen LogP contribution in [0.15, 0.2) is 43.0 Å². The summed E-state index contributed by atoms with van der Waals surface area (Å²) in [5.41, 5.74) is 1.39. The van der Waals surface area contributed by atoms with Gasteiger partial charge in [-0.2, -0.15) is 4.52 Å². The summed E-state index contributed by atoms with van der Waals surface area (Å²) in [6.45, 7) is 1.59. The fraction of sp³-hybridized carbons (Fsp3) is 0.312. The quantitative estimate of drug-likeness (QED) is 0.688. The Hall–Kier alpha value is -3.03. The van der Waals surface area contributed by atoms with Gasteiger partial charge in [-0.15, -0.1) is 15.3 Å². The summed E-state index contributed by atoms with van der Waals surface area (Å²) >= 11 is 0. The molecule has 8 nitrogen and oxygen atoms in total. The number of aromatic nitrogens is 5. The molecule has 0 saturated carbocycles. The maximum atomic E-state index is 12.7. The third-order valence-electron chi connectivity index (χ3n) is 4.81. The molecule has 6 heterocycles. The number of fused-ring (bicyclic) bond motifs is 3. The number of amides is 1. The average molecular weight is 321 g/mol. The van der Waals surface area contributed by atoms with E-state index in [-0.39, 0.29) is 18.0 Å². The van der Waals surface area contributed by atoms with Gasteiger partial charge in [0.2, 0.25) is 0 Å². The number of pyridine rings is 1. The SMILES string of the molecule is O=C(c1cccnc1)N1C2CC1CN(c1ccc3nncn3n1)C2. The van der Waals surface area contributed by atoms with Crippen LogP contribution in [-0.2, 0) is 0 Å². The molecule has 0 N–H and O–H groups in total. The van der Waals surface area contributed by atoms with Crippen LogP contribution in [0, 0.1) is 0 Å². The van der Waals surface area contributed by atoms with E-state index in [2.05, 4.69) is 25.2 Å². The Labute approximate surface area is 137 Å². The van der Waals surface area contributed by atoms with Crippen molar-refractivity contribution in [2.24, 2.45) is 0 Å². The second-order valence-corrected chi connectivity index (χ2v) is 6.23. The van der Waals surface area contributed by atoms with Crippen molar-refractivity contribution in [2.45, 2.75) is 18.5 Å². The Morgan fingerprint density at radius 1 is 1.17 bits per heavy atom. The summed E-state index contributed by atoms with van der Waals surface area (Å²) in [5.74, 6) is 0.969. The molecule has 3 fully saturated rings. The van der Waals surface area contributed by atoms with E-state index in [1.807, 2.05) is 23.1 Å². The molecule has 3 saturated heterocycles. The van der Waals surface area contributed by atoms with Crippen LogP contribution in [-0.4, -0.2) is 60.8 Å². The first-order valence-corrected chi connectivity index (χ1v) is 7.94. The number of hydrogen-bond acceptors (Lipinski definition) is 6. The molecular formula is C16H15N7O. The molecular weight excluding hydrogens is 306 g/mol. The number of carbonyl (C=O) groups is 1. The van der Waals surface area contributed by atoms with Crippen molar-refractivity contribution in [1.29, 1.82) is 0 Å². The van der Waals surface area contributed by atoms with Crippen molar-refractivity contribution >= 4 is 17.4 Å². The third-order valence-corrected chi connectivity index (χ3v) is 4.81. The van der Waals surface area contributed by atoms with Crippen molar-refractivity contribution in [3.05, 3.63) is 48.5 Å². The molecule has 3 aromatic rings. The molecule has 2 atom stereocenters. The van der Waals surface area contributed by atoms with E-state index in [0.29, 0.717) is 5.56 Å².